The number of ether oxygens (including phenoxy) is 4. The van der Waals surface area contributed by atoms with E-state index in [4.69, 9.17) is 36.1 Å². The smallest absolute Gasteiger partial charge is 0.185 e. The van der Waals surface area contributed by atoms with E-state index in [9.17, 15) is 15.3 Å². The van der Waals surface area contributed by atoms with E-state index in [-0.39, 0.29) is 24.8 Å². The second-order valence-corrected chi connectivity index (χ2v) is 9.65. The monoisotopic (exact) mass is 477 g/mol. The van der Waals surface area contributed by atoms with Gasteiger partial charge in [0.1, 0.15) is 30.0 Å². The van der Waals surface area contributed by atoms with Crippen molar-refractivity contribution < 1.29 is 34.3 Å². The van der Waals surface area contributed by atoms with Crippen molar-refractivity contribution >= 4 is 0 Å². The predicted octanol–water partition coefficient (Wildman–Crippen LogP) is -3.33. The second kappa shape index (κ2) is 11.5. The Morgan fingerprint density at radius 3 is 2.39 bits per heavy atom. The van der Waals surface area contributed by atoms with E-state index in [1.54, 1.807) is 14.0 Å². The molecule has 0 spiro atoms. The second-order valence-electron chi connectivity index (χ2n) is 9.65. The largest absolute Gasteiger partial charge is 0.388 e. The van der Waals surface area contributed by atoms with Crippen LogP contribution in [0, 0.1) is 0 Å². The molecule has 12 nitrogen and oxygen atoms in total. The molecule has 3 aliphatic rings. The number of nitrogens with one attached hydrogen (secondary N) is 2. The first kappa shape index (κ1) is 27.1. The van der Waals surface area contributed by atoms with Crippen molar-refractivity contribution in [3.63, 3.8) is 0 Å². The van der Waals surface area contributed by atoms with E-state index >= 15 is 0 Å². The quantitative estimate of drug-likeness (QED) is 0.173. The standard InChI is InChI=1S/C21H43N5O7/c1-4-26-13-7-12(24)16(32-19-11(23)6-5-10(8-22)31-19)14(27)17(13)33-20-15(28)18(25-3)21(2,29)9-30-20/h10-20,25-29H,4-9,22-24H2,1-3H3/t10-,11?,12-,13+,14-,15+,16?,17-,18+,19+,20+,21-/m0/s1. The van der Waals surface area contributed by atoms with Gasteiger partial charge in [0, 0.05) is 18.6 Å². The predicted molar refractivity (Wildman–Crippen MR) is 120 cm³/mol. The van der Waals surface area contributed by atoms with Gasteiger partial charge in [-0.2, -0.15) is 0 Å². The summed E-state index contributed by atoms with van der Waals surface area (Å²) in [5, 5.41) is 38.8. The highest BCUT2D eigenvalue weighted by Gasteiger charge is 2.51. The van der Waals surface area contributed by atoms with Crippen molar-refractivity contribution in [2.45, 2.75) is 106 Å². The highest BCUT2D eigenvalue weighted by atomic mass is 16.7. The summed E-state index contributed by atoms with van der Waals surface area (Å²) >= 11 is 0. The van der Waals surface area contributed by atoms with Gasteiger partial charge in [-0.15, -0.1) is 0 Å². The van der Waals surface area contributed by atoms with Crippen LogP contribution in [-0.4, -0.2) is 115 Å². The molecule has 33 heavy (non-hydrogen) atoms. The molecule has 0 aromatic heterocycles. The molecule has 1 aliphatic carbocycles. The van der Waals surface area contributed by atoms with Crippen molar-refractivity contribution in [3.05, 3.63) is 0 Å². The van der Waals surface area contributed by atoms with Gasteiger partial charge in [-0.25, -0.2) is 0 Å². The van der Waals surface area contributed by atoms with Gasteiger partial charge in [-0.1, -0.05) is 6.92 Å². The van der Waals surface area contributed by atoms with Crippen LogP contribution in [0.2, 0.25) is 0 Å². The molecule has 1 saturated carbocycles. The molecule has 2 heterocycles. The summed E-state index contributed by atoms with van der Waals surface area (Å²) in [7, 11) is 1.65. The summed E-state index contributed by atoms with van der Waals surface area (Å²) in [6, 6.07) is -1.84. The van der Waals surface area contributed by atoms with E-state index in [0.717, 1.165) is 6.42 Å². The maximum absolute atomic E-state index is 11.3. The van der Waals surface area contributed by atoms with E-state index < -0.39 is 54.7 Å². The van der Waals surface area contributed by atoms with Gasteiger partial charge in [0.2, 0.25) is 0 Å². The van der Waals surface area contributed by atoms with Gasteiger partial charge >= 0.3 is 0 Å². The molecule has 2 unspecified atom stereocenters. The summed E-state index contributed by atoms with van der Waals surface area (Å²) in [6.45, 7) is 4.47. The molecule has 2 saturated heterocycles. The molecule has 12 heteroatoms. The molecular weight excluding hydrogens is 434 g/mol. The van der Waals surface area contributed by atoms with Crippen LogP contribution in [0.5, 0.6) is 0 Å². The topological polar surface area (TPSA) is 200 Å². The van der Waals surface area contributed by atoms with Crippen LogP contribution in [0.3, 0.4) is 0 Å². The number of rotatable bonds is 8. The van der Waals surface area contributed by atoms with Crippen LogP contribution in [0.15, 0.2) is 0 Å². The van der Waals surface area contributed by atoms with Gasteiger partial charge in [-0.05, 0) is 39.8 Å². The van der Waals surface area contributed by atoms with E-state index in [0.29, 0.717) is 25.9 Å². The minimum absolute atomic E-state index is 0.0421. The first-order valence-electron chi connectivity index (χ1n) is 11.9. The highest BCUT2D eigenvalue weighted by Crippen LogP contribution is 2.32. The number of aliphatic hydroxyl groups excluding tert-OH is 2. The van der Waals surface area contributed by atoms with E-state index in [1.807, 2.05) is 6.92 Å². The Morgan fingerprint density at radius 1 is 1.06 bits per heavy atom. The minimum atomic E-state index is -1.28. The Kier molecular flexibility index (Phi) is 9.45. The first-order valence-corrected chi connectivity index (χ1v) is 11.9. The van der Waals surface area contributed by atoms with Crippen molar-refractivity contribution in [3.8, 4) is 0 Å². The number of hydrogen-bond acceptors (Lipinski definition) is 12. The fourth-order valence-electron chi connectivity index (χ4n) is 5.11. The zero-order valence-electron chi connectivity index (χ0n) is 19.8. The van der Waals surface area contributed by atoms with Gasteiger partial charge < -0.3 is 62.1 Å². The Labute approximate surface area is 195 Å². The molecule has 12 atom stereocenters. The molecule has 0 bridgehead atoms. The number of likely N-dealkylation sites (N-methyl/N-ethyl adjacent to an activating group) is 2. The molecule has 3 fully saturated rings. The normalized spacial score (nSPS) is 49.2. The molecule has 194 valence electrons. The highest BCUT2D eigenvalue weighted by molar-refractivity contribution is 5.02. The number of hydrogen-bond donors (Lipinski definition) is 8. The molecule has 11 N–H and O–H groups in total. The fraction of sp³-hybridized carbons (Fsp3) is 1.00. The Bertz CT molecular complexity index is 618. The zero-order valence-corrected chi connectivity index (χ0v) is 19.8. The third-order valence-electron chi connectivity index (χ3n) is 6.97. The van der Waals surface area contributed by atoms with Crippen LogP contribution in [0.1, 0.15) is 33.1 Å². The molecule has 0 aromatic carbocycles. The minimum Gasteiger partial charge on any atom is -0.388 e. The summed E-state index contributed by atoms with van der Waals surface area (Å²) in [4.78, 5) is 0. The Morgan fingerprint density at radius 2 is 1.76 bits per heavy atom. The maximum atomic E-state index is 11.3. The summed E-state index contributed by atoms with van der Waals surface area (Å²) < 4.78 is 23.7. The van der Waals surface area contributed by atoms with E-state index in [2.05, 4.69) is 10.6 Å². The summed E-state index contributed by atoms with van der Waals surface area (Å²) in [5.74, 6) is 0. The van der Waals surface area contributed by atoms with Crippen molar-refractivity contribution in [1.29, 1.82) is 0 Å². The van der Waals surface area contributed by atoms with Crippen LogP contribution < -0.4 is 27.8 Å². The van der Waals surface area contributed by atoms with Crippen LogP contribution in [0.25, 0.3) is 0 Å². The molecule has 0 radical (unpaired) electrons. The molecule has 2 aliphatic heterocycles. The van der Waals surface area contributed by atoms with Gasteiger partial charge in [0.15, 0.2) is 12.6 Å². The lowest BCUT2D eigenvalue weighted by molar-refractivity contribution is -0.308. The van der Waals surface area contributed by atoms with Crippen molar-refractivity contribution in [2.24, 2.45) is 17.2 Å². The molecular formula is C21H43N5O7. The third kappa shape index (κ3) is 6.02. The zero-order chi connectivity index (χ0) is 24.3. The van der Waals surface area contributed by atoms with Gasteiger partial charge in [-0.3, -0.25) is 0 Å². The van der Waals surface area contributed by atoms with Crippen molar-refractivity contribution in [1.82, 2.24) is 10.6 Å². The number of nitrogens with two attached hydrogens (primary N) is 3. The molecule has 0 aromatic rings. The average molecular weight is 478 g/mol. The first-order chi connectivity index (χ1) is 15.6. The Balaban J connectivity index is 1.74. The van der Waals surface area contributed by atoms with Gasteiger partial charge in [0.25, 0.3) is 0 Å². The fourth-order valence-corrected chi connectivity index (χ4v) is 5.11. The lowest BCUT2D eigenvalue weighted by Crippen LogP contribution is -2.69. The third-order valence-corrected chi connectivity index (χ3v) is 6.97. The Hall–Kier alpha value is -0.480. The van der Waals surface area contributed by atoms with Crippen LogP contribution >= 0.6 is 0 Å². The number of aliphatic hydroxyl groups is 3. The van der Waals surface area contributed by atoms with Gasteiger partial charge in [0.05, 0.1) is 24.8 Å². The lowest BCUT2D eigenvalue weighted by atomic mass is 9.83. The summed E-state index contributed by atoms with van der Waals surface area (Å²) in [5.41, 5.74) is 17.1. The lowest BCUT2D eigenvalue weighted by Gasteiger charge is -2.49. The maximum Gasteiger partial charge on any atom is 0.185 e. The molecule has 0 amide bonds. The molecule has 3 rings (SSSR count). The average Bonchev–Trinajstić information content (AvgIpc) is 2.76. The SMILES string of the molecule is CCN[C@@H]1C[C@H](N)C(O[C@H]2O[C@H](CN)CCC2N)[C@H](O)[C@H]1O[C@H]1OC[C@](C)(O)[C@H](NC)[C@H]1O. The van der Waals surface area contributed by atoms with Crippen LogP contribution in [0.4, 0.5) is 0 Å². The summed E-state index contributed by atoms with van der Waals surface area (Å²) in [6.07, 6.45) is -3.97. The van der Waals surface area contributed by atoms with Crippen LogP contribution in [-0.2, 0) is 18.9 Å². The van der Waals surface area contributed by atoms with Crippen molar-refractivity contribution in [2.75, 3.05) is 26.7 Å². The van der Waals surface area contributed by atoms with E-state index in [1.165, 1.54) is 0 Å².